The van der Waals surface area contributed by atoms with Gasteiger partial charge in [0.2, 0.25) is 0 Å². The lowest BCUT2D eigenvalue weighted by molar-refractivity contribution is -0.404. The number of nitrogens with zero attached hydrogens (tertiary/aromatic N) is 4. The van der Waals surface area contributed by atoms with Crippen LogP contribution >= 0.6 is 11.6 Å². The summed E-state index contributed by atoms with van der Waals surface area (Å²) in [5, 5.41) is 18.3. The predicted octanol–water partition coefficient (Wildman–Crippen LogP) is 7.85. The van der Waals surface area contributed by atoms with Gasteiger partial charge in [0.1, 0.15) is 5.75 Å². The highest BCUT2D eigenvalue weighted by atomic mass is 35.5. The molecule has 0 saturated carbocycles. The van der Waals surface area contributed by atoms with Crippen molar-refractivity contribution in [3.63, 3.8) is 0 Å². The van der Waals surface area contributed by atoms with Crippen molar-refractivity contribution in [2.45, 2.75) is 76.7 Å². The first kappa shape index (κ1) is 38.1. The number of likely N-dealkylation sites (tertiary alicyclic amines) is 1. The largest absolute Gasteiger partial charge is 0.494 e. The van der Waals surface area contributed by atoms with E-state index in [2.05, 4.69) is 68.9 Å². The molecule has 9 nitrogen and oxygen atoms in total. The van der Waals surface area contributed by atoms with E-state index in [4.69, 9.17) is 16.3 Å². The molecule has 1 aliphatic rings. The first-order valence-electron chi connectivity index (χ1n) is 18.1. The molecular weight excluding hydrogens is 636 g/mol. The van der Waals surface area contributed by atoms with Crippen LogP contribution < -0.4 is 15.4 Å². The van der Waals surface area contributed by atoms with E-state index in [1.165, 1.54) is 49.9 Å². The minimum Gasteiger partial charge on any atom is -0.494 e. The zero-order valence-electron chi connectivity index (χ0n) is 29.2. The van der Waals surface area contributed by atoms with E-state index in [0.29, 0.717) is 25.5 Å². The molecule has 266 valence electrons. The number of halogens is 1. The van der Waals surface area contributed by atoms with Gasteiger partial charge in [0.15, 0.2) is 5.82 Å². The summed E-state index contributed by atoms with van der Waals surface area (Å²) in [6.07, 6.45) is 14.1. The van der Waals surface area contributed by atoms with Crippen LogP contribution in [-0.2, 0) is 6.54 Å². The van der Waals surface area contributed by atoms with E-state index >= 15 is 0 Å². The maximum absolute atomic E-state index is 11.1. The lowest BCUT2D eigenvalue weighted by Crippen LogP contribution is -2.29. The van der Waals surface area contributed by atoms with E-state index < -0.39 is 4.92 Å². The highest BCUT2D eigenvalue weighted by Crippen LogP contribution is 2.28. The predicted molar refractivity (Wildman–Crippen MR) is 199 cm³/mol. The van der Waals surface area contributed by atoms with Gasteiger partial charge < -0.3 is 20.3 Å². The third kappa shape index (κ3) is 15.2. The summed E-state index contributed by atoms with van der Waals surface area (Å²) in [7, 11) is 2.19. The number of hydrogen-bond donors (Lipinski definition) is 2. The fourth-order valence-corrected chi connectivity index (χ4v) is 6.42. The minimum absolute atomic E-state index is 0.238. The van der Waals surface area contributed by atoms with Crippen molar-refractivity contribution in [1.82, 2.24) is 25.4 Å². The number of nitrogens with one attached hydrogen (secondary N) is 2. The highest BCUT2D eigenvalue weighted by molar-refractivity contribution is 6.30. The number of benzene rings is 2. The van der Waals surface area contributed by atoms with Gasteiger partial charge in [-0.15, -0.1) is 0 Å². The van der Waals surface area contributed by atoms with Crippen molar-refractivity contribution in [2.75, 3.05) is 52.9 Å². The first-order valence-corrected chi connectivity index (χ1v) is 18.5. The molecule has 1 unspecified atom stereocenters. The minimum atomic E-state index is -0.415. The Morgan fingerprint density at radius 3 is 2.37 bits per heavy atom. The van der Waals surface area contributed by atoms with Crippen molar-refractivity contribution >= 4 is 11.6 Å². The Morgan fingerprint density at radius 1 is 0.939 bits per heavy atom. The van der Waals surface area contributed by atoms with Gasteiger partial charge in [0, 0.05) is 42.5 Å². The normalized spacial score (nSPS) is 14.5. The molecule has 0 bridgehead atoms. The summed E-state index contributed by atoms with van der Waals surface area (Å²) in [6, 6.07) is 22.6. The van der Waals surface area contributed by atoms with Crippen molar-refractivity contribution in [1.29, 1.82) is 0 Å². The molecule has 1 saturated heterocycles. The van der Waals surface area contributed by atoms with Crippen LogP contribution in [0.5, 0.6) is 5.75 Å². The molecular formula is C39H55ClN6O3. The summed E-state index contributed by atoms with van der Waals surface area (Å²) in [4.78, 5) is 20.3. The van der Waals surface area contributed by atoms with Gasteiger partial charge in [-0.2, -0.15) is 0 Å². The lowest BCUT2D eigenvalue weighted by Gasteiger charge is -2.26. The second-order valence-corrected chi connectivity index (χ2v) is 13.5. The van der Waals surface area contributed by atoms with E-state index in [9.17, 15) is 10.1 Å². The highest BCUT2D eigenvalue weighted by Gasteiger charge is 2.16. The second-order valence-electron chi connectivity index (χ2n) is 13.1. The van der Waals surface area contributed by atoms with Gasteiger partial charge >= 0.3 is 0 Å². The zero-order chi connectivity index (χ0) is 34.5. The molecule has 10 heteroatoms. The molecule has 0 aliphatic carbocycles. The molecule has 0 amide bonds. The van der Waals surface area contributed by atoms with Crippen molar-refractivity contribution < 1.29 is 9.66 Å². The monoisotopic (exact) mass is 690 g/mol. The number of ether oxygens (including phenoxy) is 1. The zero-order valence-corrected chi connectivity index (χ0v) is 30.0. The van der Waals surface area contributed by atoms with Crippen LogP contribution in [0.15, 0.2) is 84.9 Å². The standard InChI is InChI=1S/C39H55ClN6O3/c1-44(29-22-37(38-13-6-8-23-41-38)34-16-18-35(40)19-17-34)26-9-4-2-3-7-24-42-39(32-46(47)48)43-25-12-30-49-36-20-14-33(15-21-36)31-45-27-10-5-11-28-45/h6,8,13-21,23,32,37,42-43H,2-5,7,9-12,22,24-31H2,1H3/b39-32+. The fraction of sp³-hybridized carbons (Fsp3) is 0.513. The molecule has 49 heavy (non-hydrogen) atoms. The molecule has 1 aliphatic heterocycles. The quantitative estimate of drug-likeness (QED) is 0.0590. The molecule has 2 aromatic carbocycles. The van der Waals surface area contributed by atoms with Crippen molar-refractivity contribution in [2.24, 2.45) is 0 Å². The number of rotatable bonds is 23. The molecule has 3 aromatic rings. The van der Waals surface area contributed by atoms with Gasteiger partial charge in [-0.3, -0.25) is 20.0 Å². The SMILES string of the molecule is CN(CCCCCCCN/C(=C\[N+](=O)[O-])NCCCOc1ccc(CN2CCCCC2)cc1)CCC(c1ccc(Cl)cc1)c1ccccn1. The van der Waals surface area contributed by atoms with Gasteiger partial charge in [-0.25, -0.2) is 0 Å². The molecule has 2 heterocycles. The fourth-order valence-electron chi connectivity index (χ4n) is 6.30. The lowest BCUT2D eigenvalue weighted by atomic mass is 9.92. The van der Waals surface area contributed by atoms with Crippen LogP contribution in [0.1, 0.15) is 86.9 Å². The summed E-state index contributed by atoms with van der Waals surface area (Å²) >= 11 is 6.14. The van der Waals surface area contributed by atoms with E-state index in [1.54, 1.807) is 0 Å². The number of hydrogen-bond acceptors (Lipinski definition) is 8. The Kier molecular flexibility index (Phi) is 17.2. The molecule has 1 atom stereocenters. The van der Waals surface area contributed by atoms with Crippen LogP contribution in [0.25, 0.3) is 0 Å². The van der Waals surface area contributed by atoms with Crippen LogP contribution in [0.4, 0.5) is 0 Å². The summed E-state index contributed by atoms with van der Waals surface area (Å²) in [5.74, 6) is 1.55. The van der Waals surface area contributed by atoms with E-state index in [1.807, 2.05) is 36.5 Å². The van der Waals surface area contributed by atoms with Crippen molar-refractivity contribution in [3.8, 4) is 5.75 Å². The van der Waals surface area contributed by atoms with Crippen LogP contribution in [0.3, 0.4) is 0 Å². The topological polar surface area (TPSA) is 95.8 Å². The number of aromatic nitrogens is 1. The number of unbranched alkanes of at least 4 members (excludes halogenated alkanes) is 4. The smallest absolute Gasteiger partial charge is 0.274 e. The Morgan fingerprint density at radius 2 is 1.65 bits per heavy atom. The van der Waals surface area contributed by atoms with Gasteiger partial charge in [-0.05, 0) is 119 Å². The Labute approximate surface area is 298 Å². The van der Waals surface area contributed by atoms with E-state index in [-0.39, 0.29) is 5.92 Å². The molecule has 2 N–H and O–H groups in total. The second kappa shape index (κ2) is 22.1. The number of pyridine rings is 1. The van der Waals surface area contributed by atoms with Crippen molar-refractivity contribution in [3.05, 3.63) is 117 Å². The van der Waals surface area contributed by atoms with Gasteiger partial charge in [0.25, 0.3) is 6.20 Å². The molecule has 0 radical (unpaired) electrons. The molecule has 1 aromatic heterocycles. The maximum Gasteiger partial charge on any atom is 0.274 e. The summed E-state index contributed by atoms with van der Waals surface area (Å²) < 4.78 is 5.90. The first-order chi connectivity index (χ1) is 24.0. The van der Waals surface area contributed by atoms with Gasteiger partial charge in [0.05, 0.1) is 11.5 Å². The van der Waals surface area contributed by atoms with Crippen LogP contribution in [0.2, 0.25) is 5.02 Å². The van der Waals surface area contributed by atoms with Gasteiger partial charge in [-0.1, -0.05) is 67.6 Å². The molecule has 0 spiro atoms. The van der Waals surface area contributed by atoms with E-state index in [0.717, 1.165) is 80.8 Å². The molecule has 4 rings (SSSR count). The van der Waals surface area contributed by atoms with Crippen LogP contribution in [0, 0.1) is 10.1 Å². The van der Waals surface area contributed by atoms with Crippen LogP contribution in [-0.4, -0.2) is 72.6 Å². The Hall–Kier alpha value is -3.66. The average molecular weight is 691 g/mol. The summed E-state index contributed by atoms with van der Waals surface area (Å²) in [6.45, 7) is 7.27. The summed E-state index contributed by atoms with van der Waals surface area (Å²) in [5.41, 5.74) is 3.65. The number of nitro groups is 1. The molecule has 1 fully saturated rings. The Balaban J connectivity index is 1.03. The average Bonchev–Trinajstić information content (AvgIpc) is 3.11. The Bertz CT molecular complexity index is 1370. The third-order valence-corrected chi connectivity index (χ3v) is 9.32. The third-order valence-electron chi connectivity index (χ3n) is 9.07. The maximum atomic E-state index is 11.1. The number of piperidine rings is 1.